The molecule has 9 heteroatoms. The van der Waals surface area contributed by atoms with Crippen molar-refractivity contribution in [1.82, 2.24) is 4.90 Å². The molecular formula is C22H20FN5O3. The molecule has 31 heavy (non-hydrogen) atoms. The lowest BCUT2D eigenvalue weighted by atomic mass is 9.58. The van der Waals surface area contributed by atoms with Crippen molar-refractivity contribution in [3.63, 3.8) is 0 Å². The van der Waals surface area contributed by atoms with Gasteiger partial charge in [0.2, 0.25) is 0 Å². The van der Waals surface area contributed by atoms with Crippen LogP contribution in [-0.4, -0.2) is 37.8 Å². The van der Waals surface area contributed by atoms with Gasteiger partial charge < -0.3 is 20.1 Å². The van der Waals surface area contributed by atoms with Crippen LogP contribution in [0.15, 0.2) is 41.1 Å². The molecule has 1 aliphatic heterocycles. The van der Waals surface area contributed by atoms with Gasteiger partial charge in [0.1, 0.15) is 17.6 Å². The Bertz CT molecular complexity index is 1090. The molecular weight excluding hydrogens is 401 g/mol. The SMILES string of the molecule is CCOC(=O)N1CC=C2C(C#N)=C(N)C(C#N)(C#N)[C@H](c3cc(OC)ccc3F)[C@H]2C1. The van der Waals surface area contributed by atoms with Gasteiger partial charge in [-0.05, 0) is 36.3 Å². The zero-order valence-electron chi connectivity index (χ0n) is 17.1. The molecule has 2 atom stereocenters. The first kappa shape index (κ1) is 21.7. The van der Waals surface area contributed by atoms with E-state index in [1.54, 1.807) is 13.0 Å². The quantitative estimate of drug-likeness (QED) is 0.792. The maximum absolute atomic E-state index is 15.0. The molecule has 0 radical (unpaired) electrons. The highest BCUT2D eigenvalue weighted by Gasteiger charge is 2.55. The van der Waals surface area contributed by atoms with E-state index in [0.717, 1.165) is 0 Å². The highest BCUT2D eigenvalue weighted by atomic mass is 19.1. The summed E-state index contributed by atoms with van der Waals surface area (Å²) in [6.07, 6.45) is 1.06. The fourth-order valence-corrected chi connectivity index (χ4v) is 4.27. The first-order valence-electron chi connectivity index (χ1n) is 9.56. The topological polar surface area (TPSA) is 136 Å². The van der Waals surface area contributed by atoms with Gasteiger partial charge in [-0.25, -0.2) is 9.18 Å². The molecule has 158 valence electrons. The molecule has 2 N–H and O–H groups in total. The summed E-state index contributed by atoms with van der Waals surface area (Å²) in [4.78, 5) is 13.7. The van der Waals surface area contributed by atoms with Crippen LogP contribution in [0.1, 0.15) is 18.4 Å². The Balaban J connectivity index is 2.29. The third-order valence-corrected chi connectivity index (χ3v) is 5.73. The number of carbonyl (C=O) groups is 1. The third kappa shape index (κ3) is 3.33. The van der Waals surface area contributed by atoms with Crippen LogP contribution in [0, 0.1) is 51.1 Å². The molecule has 0 fully saturated rings. The Morgan fingerprint density at radius 1 is 1.35 bits per heavy atom. The van der Waals surface area contributed by atoms with Gasteiger partial charge in [0.05, 0.1) is 37.1 Å². The summed E-state index contributed by atoms with van der Waals surface area (Å²) in [7, 11) is 1.41. The van der Waals surface area contributed by atoms with Crippen molar-refractivity contribution < 1.29 is 18.7 Å². The first-order valence-corrected chi connectivity index (χ1v) is 9.56. The highest BCUT2D eigenvalue weighted by molar-refractivity contribution is 5.69. The van der Waals surface area contributed by atoms with E-state index in [-0.39, 0.29) is 36.5 Å². The molecule has 1 aromatic rings. The number of hydrogen-bond acceptors (Lipinski definition) is 7. The van der Waals surface area contributed by atoms with E-state index in [1.165, 1.54) is 30.2 Å². The number of nitriles is 3. The number of rotatable bonds is 3. The Labute approximate surface area is 179 Å². The van der Waals surface area contributed by atoms with E-state index in [1.807, 2.05) is 18.2 Å². The number of carbonyl (C=O) groups excluding carboxylic acids is 1. The average Bonchev–Trinajstić information content (AvgIpc) is 2.79. The summed E-state index contributed by atoms with van der Waals surface area (Å²) in [5.41, 5.74) is 4.50. The number of fused-ring (bicyclic) bond motifs is 1. The number of nitrogens with zero attached hydrogens (tertiary/aromatic N) is 4. The van der Waals surface area contributed by atoms with Crippen LogP contribution in [0.3, 0.4) is 0 Å². The van der Waals surface area contributed by atoms with E-state index >= 15 is 4.39 Å². The van der Waals surface area contributed by atoms with Crippen molar-refractivity contribution in [2.45, 2.75) is 12.8 Å². The molecule has 1 amide bonds. The summed E-state index contributed by atoms with van der Waals surface area (Å²) >= 11 is 0. The normalized spacial score (nSPS) is 21.7. The lowest BCUT2D eigenvalue weighted by Crippen LogP contribution is -2.49. The summed E-state index contributed by atoms with van der Waals surface area (Å²) in [5.74, 6) is -2.14. The molecule has 1 heterocycles. The molecule has 1 aliphatic carbocycles. The lowest BCUT2D eigenvalue weighted by molar-refractivity contribution is 0.0997. The Morgan fingerprint density at radius 2 is 2.06 bits per heavy atom. The van der Waals surface area contributed by atoms with Gasteiger partial charge in [-0.15, -0.1) is 0 Å². The second-order valence-electron chi connectivity index (χ2n) is 7.17. The van der Waals surface area contributed by atoms with E-state index < -0.39 is 29.2 Å². The number of nitrogens with two attached hydrogens (primary N) is 1. The van der Waals surface area contributed by atoms with E-state index in [2.05, 4.69) is 0 Å². The van der Waals surface area contributed by atoms with Crippen LogP contribution < -0.4 is 10.5 Å². The Kier molecular flexibility index (Phi) is 5.86. The lowest BCUT2D eigenvalue weighted by Gasteiger charge is -2.45. The first-order chi connectivity index (χ1) is 14.9. The average molecular weight is 421 g/mol. The van der Waals surface area contributed by atoms with Crippen molar-refractivity contribution in [3.05, 3.63) is 52.5 Å². The van der Waals surface area contributed by atoms with Crippen LogP contribution in [0.5, 0.6) is 5.75 Å². The smallest absolute Gasteiger partial charge is 0.410 e. The molecule has 0 saturated carbocycles. The fraction of sp³-hybridized carbons (Fsp3) is 0.364. The van der Waals surface area contributed by atoms with Crippen LogP contribution >= 0.6 is 0 Å². The second-order valence-corrected chi connectivity index (χ2v) is 7.17. The number of ether oxygens (including phenoxy) is 2. The minimum atomic E-state index is -2.02. The molecule has 0 bridgehead atoms. The predicted octanol–water partition coefficient (Wildman–Crippen LogP) is 2.72. The van der Waals surface area contributed by atoms with Gasteiger partial charge in [0, 0.05) is 24.9 Å². The zero-order chi connectivity index (χ0) is 22.8. The molecule has 2 aliphatic rings. The number of amides is 1. The molecule has 8 nitrogen and oxygen atoms in total. The summed E-state index contributed by atoms with van der Waals surface area (Å²) in [6, 6.07) is 9.87. The van der Waals surface area contributed by atoms with Crippen LogP contribution in [-0.2, 0) is 4.74 Å². The van der Waals surface area contributed by atoms with Gasteiger partial charge in [-0.2, -0.15) is 15.8 Å². The second kappa shape index (κ2) is 8.38. The van der Waals surface area contributed by atoms with Crippen LogP contribution in [0.4, 0.5) is 9.18 Å². The summed E-state index contributed by atoms with van der Waals surface area (Å²) < 4.78 is 25.3. The zero-order valence-corrected chi connectivity index (χ0v) is 17.1. The molecule has 0 aromatic heterocycles. The standard InChI is InChI=1S/C22H20FN5O3/c1-3-31-21(29)28-7-6-14-16(9-24)20(27)22(11-25,12-26)19(17(14)10-28)15-8-13(30-2)4-5-18(15)23/h4-6,8,17,19H,3,7,10,27H2,1-2H3/t17-,19+/m0/s1. The number of hydrogen-bond donors (Lipinski definition) is 1. The number of benzene rings is 1. The van der Waals surface area contributed by atoms with Crippen molar-refractivity contribution >= 4 is 6.09 Å². The van der Waals surface area contributed by atoms with Gasteiger partial charge in [-0.3, -0.25) is 0 Å². The number of methoxy groups -OCH3 is 1. The molecule has 0 saturated heterocycles. The third-order valence-electron chi connectivity index (χ3n) is 5.73. The maximum atomic E-state index is 15.0. The van der Waals surface area contributed by atoms with Gasteiger partial charge >= 0.3 is 6.09 Å². The van der Waals surface area contributed by atoms with Crippen molar-refractivity contribution in [2.75, 3.05) is 26.8 Å². The van der Waals surface area contributed by atoms with Crippen molar-refractivity contribution in [3.8, 4) is 24.0 Å². The molecule has 0 unspecified atom stereocenters. The largest absolute Gasteiger partial charge is 0.497 e. The Hall–Kier alpha value is -4.03. The maximum Gasteiger partial charge on any atom is 0.410 e. The molecule has 1 aromatic carbocycles. The van der Waals surface area contributed by atoms with Gasteiger partial charge in [0.25, 0.3) is 0 Å². The monoisotopic (exact) mass is 421 g/mol. The summed E-state index contributed by atoms with van der Waals surface area (Å²) in [6.45, 7) is 2.02. The van der Waals surface area contributed by atoms with E-state index in [0.29, 0.717) is 11.3 Å². The van der Waals surface area contributed by atoms with E-state index in [4.69, 9.17) is 15.2 Å². The van der Waals surface area contributed by atoms with Crippen molar-refractivity contribution in [1.29, 1.82) is 15.8 Å². The fourth-order valence-electron chi connectivity index (χ4n) is 4.27. The molecule has 3 rings (SSSR count). The number of halogens is 1. The summed E-state index contributed by atoms with van der Waals surface area (Å²) in [5, 5.41) is 29.8. The van der Waals surface area contributed by atoms with Crippen molar-refractivity contribution in [2.24, 2.45) is 17.1 Å². The minimum Gasteiger partial charge on any atom is -0.497 e. The number of allylic oxidation sites excluding steroid dienone is 2. The highest BCUT2D eigenvalue weighted by Crippen LogP contribution is 2.54. The predicted molar refractivity (Wildman–Crippen MR) is 106 cm³/mol. The Morgan fingerprint density at radius 3 is 2.65 bits per heavy atom. The van der Waals surface area contributed by atoms with E-state index in [9.17, 15) is 20.6 Å². The van der Waals surface area contributed by atoms with Crippen LogP contribution in [0.25, 0.3) is 0 Å². The minimum absolute atomic E-state index is 0.0103. The van der Waals surface area contributed by atoms with Gasteiger partial charge in [0.15, 0.2) is 5.41 Å². The van der Waals surface area contributed by atoms with Gasteiger partial charge in [-0.1, -0.05) is 6.08 Å². The molecule has 0 spiro atoms. The van der Waals surface area contributed by atoms with Crippen LogP contribution in [0.2, 0.25) is 0 Å².